The topological polar surface area (TPSA) is 84.9 Å². The molecule has 1 aromatic carbocycles. The van der Waals surface area contributed by atoms with Crippen LogP contribution in [0.15, 0.2) is 59.5 Å². The van der Waals surface area contributed by atoms with E-state index in [1.807, 2.05) is 6.07 Å². The van der Waals surface area contributed by atoms with Crippen molar-refractivity contribution >= 4 is 5.65 Å². The smallest absolute Gasteiger partial charge is 0.315 e. The van der Waals surface area contributed by atoms with Crippen LogP contribution in [0.1, 0.15) is 12.3 Å². The highest BCUT2D eigenvalue weighted by molar-refractivity contribution is 5.81. The summed E-state index contributed by atoms with van der Waals surface area (Å²) in [4.78, 5) is 7.95. The minimum atomic E-state index is -2.86. The highest BCUT2D eigenvalue weighted by Gasteiger charge is 2.20. The van der Waals surface area contributed by atoms with Crippen LogP contribution in [-0.2, 0) is 0 Å². The molecule has 4 heterocycles. The molecule has 7 nitrogen and oxygen atoms in total. The summed E-state index contributed by atoms with van der Waals surface area (Å²) in [7, 11) is 0. The van der Waals surface area contributed by atoms with Crippen molar-refractivity contribution in [2.45, 2.75) is 6.43 Å². The molecule has 0 atom stereocenters. The zero-order valence-electron chi connectivity index (χ0n) is 14.6. The number of hydrogen-bond acceptors (Lipinski definition) is 5. The number of rotatable bonds is 4. The van der Waals surface area contributed by atoms with Crippen LogP contribution in [0.4, 0.5) is 13.2 Å². The van der Waals surface area contributed by atoms with Gasteiger partial charge in [0.15, 0.2) is 0 Å². The second kappa shape index (κ2) is 6.59. The number of nitrogens with zero attached hydrogens (tertiary/aromatic N) is 5. The fraction of sp³-hybridized carbons (Fsp3) is 0.0526. The van der Waals surface area contributed by atoms with Crippen molar-refractivity contribution in [3.8, 4) is 33.9 Å². The van der Waals surface area contributed by atoms with Gasteiger partial charge in [-0.1, -0.05) is 17.3 Å². The monoisotopic (exact) mass is 396 g/mol. The van der Waals surface area contributed by atoms with Gasteiger partial charge in [-0.2, -0.15) is 18.9 Å². The van der Waals surface area contributed by atoms with E-state index in [1.165, 1.54) is 12.3 Å². The first kappa shape index (κ1) is 17.2. The molecule has 0 aliphatic heterocycles. The lowest BCUT2D eigenvalue weighted by molar-refractivity contribution is 0.106. The molecule has 4 aromatic heterocycles. The lowest BCUT2D eigenvalue weighted by atomic mass is 10.0. The molecule has 0 radical (unpaired) electrons. The number of imidazole rings is 1. The summed E-state index contributed by atoms with van der Waals surface area (Å²) < 4.78 is 46.0. The standard InChI is InChI=1S/C19H11F3N6O/c20-13-4-2-1-3-11(13)16-12(7-24-26-16)10-5-6-15-23-8-14(28(15)9-10)18-25-19(17(21)22)29-27-18/h1-9,17H,(H,24,26). The number of nitrogens with one attached hydrogen (secondary N) is 1. The minimum absolute atomic E-state index is 0.00790. The SMILES string of the molecule is Fc1ccccc1-c1n[nH]cc1-c1ccc2ncc(-c3noc(C(F)F)n3)n2c1. The van der Waals surface area contributed by atoms with Crippen molar-refractivity contribution in [1.29, 1.82) is 0 Å². The highest BCUT2D eigenvalue weighted by Crippen LogP contribution is 2.32. The Kier molecular flexibility index (Phi) is 3.90. The van der Waals surface area contributed by atoms with Crippen LogP contribution in [0.25, 0.3) is 39.5 Å². The van der Waals surface area contributed by atoms with Crippen molar-refractivity contribution in [2.24, 2.45) is 0 Å². The van der Waals surface area contributed by atoms with Gasteiger partial charge in [-0.05, 0) is 24.3 Å². The van der Waals surface area contributed by atoms with Crippen molar-refractivity contribution in [2.75, 3.05) is 0 Å². The molecule has 1 N–H and O–H groups in total. The van der Waals surface area contributed by atoms with Crippen LogP contribution in [-0.4, -0.2) is 29.7 Å². The quantitative estimate of drug-likeness (QED) is 0.483. The largest absolute Gasteiger partial charge is 0.333 e. The number of alkyl halides is 2. The van der Waals surface area contributed by atoms with Gasteiger partial charge in [0.05, 0.1) is 6.20 Å². The first-order valence-corrected chi connectivity index (χ1v) is 8.50. The molecule has 0 spiro atoms. The number of benzene rings is 1. The normalized spacial score (nSPS) is 11.6. The van der Waals surface area contributed by atoms with Gasteiger partial charge in [-0.3, -0.25) is 9.50 Å². The molecule has 5 rings (SSSR count). The van der Waals surface area contributed by atoms with Gasteiger partial charge >= 0.3 is 6.43 Å². The van der Waals surface area contributed by atoms with E-state index in [1.54, 1.807) is 41.1 Å². The Balaban J connectivity index is 1.63. The van der Waals surface area contributed by atoms with Crippen LogP contribution >= 0.6 is 0 Å². The van der Waals surface area contributed by atoms with E-state index in [-0.39, 0.29) is 5.82 Å². The molecular formula is C19H11F3N6O. The lowest BCUT2D eigenvalue weighted by Crippen LogP contribution is -1.93. The molecule has 144 valence electrons. The van der Waals surface area contributed by atoms with E-state index < -0.39 is 18.1 Å². The Morgan fingerprint density at radius 1 is 1.07 bits per heavy atom. The lowest BCUT2D eigenvalue weighted by Gasteiger charge is -2.06. The fourth-order valence-electron chi connectivity index (χ4n) is 3.10. The summed E-state index contributed by atoms with van der Waals surface area (Å²) in [5.41, 5.74) is 3.12. The van der Waals surface area contributed by atoms with Crippen LogP contribution in [0.2, 0.25) is 0 Å². The van der Waals surface area contributed by atoms with Crippen molar-refractivity contribution in [3.63, 3.8) is 0 Å². The van der Waals surface area contributed by atoms with Gasteiger partial charge in [0, 0.05) is 29.1 Å². The fourth-order valence-corrected chi connectivity index (χ4v) is 3.10. The molecule has 0 saturated carbocycles. The second-order valence-corrected chi connectivity index (χ2v) is 6.17. The molecule has 0 aliphatic rings. The van der Waals surface area contributed by atoms with Gasteiger partial charge in [0.1, 0.15) is 22.9 Å². The van der Waals surface area contributed by atoms with Crippen LogP contribution in [0.5, 0.6) is 0 Å². The van der Waals surface area contributed by atoms with Crippen molar-refractivity contribution in [1.82, 2.24) is 29.7 Å². The number of fused-ring (bicyclic) bond motifs is 1. The maximum absolute atomic E-state index is 14.2. The number of aromatic amines is 1. The maximum Gasteiger partial charge on any atom is 0.315 e. The predicted octanol–water partition coefficient (Wildman–Crippen LogP) is 4.52. The predicted molar refractivity (Wildman–Crippen MR) is 96.4 cm³/mol. The average molecular weight is 396 g/mol. The van der Waals surface area contributed by atoms with Gasteiger partial charge in [-0.25, -0.2) is 9.37 Å². The van der Waals surface area contributed by atoms with Gasteiger partial charge in [0.25, 0.3) is 5.89 Å². The van der Waals surface area contributed by atoms with Gasteiger partial charge in [-0.15, -0.1) is 0 Å². The third-order valence-corrected chi connectivity index (χ3v) is 4.44. The molecule has 10 heteroatoms. The Labute approximate surface area is 160 Å². The summed E-state index contributed by atoms with van der Waals surface area (Å²) in [5, 5.41) is 10.5. The molecular weight excluding hydrogens is 385 g/mol. The van der Waals surface area contributed by atoms with Crippen LogP contribution < -0.4 is 0 Å². The van der Waals surface area contributed by atoms with Crippen LogP contribution in [0, 0.1) is 5.82 Å². The molecule has 0 fully saturated rings. The molecule has 5 aromatic rings. The average Bonchev–Trinajstić information content (AvgIpc) is 3.46. The number of aromatic nitrogens is 6. The number of hydrogen-bond donors (Lipinski definition) is 1. The molecule has 0 bridgehead atoms. The molecule has 0 aliphatic carbocycles. The maximum atomic E-state index is 14.2. The Hall–Kier alpha value is -3.95. The first-order valence-electron chi connectivity index (χ1n) is 8.50. The summed E-state index contributed by atoms with van der Waals surface area (Å²) in [5.74, 6) is -1.16. The summed E-state index contributed by atoms with van der Waals surface area (Å²) in [6.45, 7) is 0. The van der Waals surface area contributed by atoms with Crippen molar-refractivity contribution in [3.05, 3.63) is 66.7 Å². The Morgan fingerprint density at radius 3 is 2.72 bits per heavy atom. The molecule has 29 heavy (non-hydrogen) atoms. The first-order chi connectivity index (χ1) is 14.1. The molecule has 0 saturated heterocycles. The number of pyridine rings is 1. The zero-order valence-corrected chi connectivity index (χ0v) is 14.6. The van der Waals surface area contributed by atoms with Gasteiger partial charge in [0.2, 0.25) is 5.82 Å². The van der Waals surface area contributed by atoms with Crippen molar-refractivity contribution < 1.29 is 17.7 Å². The second-order valence-electron chi connectivity index (χ2n) is 6.17. The van der Waals surface area contributed by atoms with E-state index in [2.05, 4.69) is 29.8 Å². The molecule has 0 unspecified atom stereocenters. The Bertz CT molecular complexity index is 1320. The Morgan fingerprint density at radius 2 is 1.93 bits per heavy atom. The van der Waals surface area contributed by atoms with E-state index in [0.717, 1.165) is 0 Å². The van der Waals surface area contributed by atoms with Gasteiger partial charge < -0.3 is 4.52 Å². The number of halogens is 3. The molecule has 0 amide bonds. The third-order valence-electron chi connectivity index (χ3n) is 4.44. The van der Waals surface area contributed by atoms with Crippen LogP contribution in [0.3, 0.4) is 0 Å². The van der Waals surface area contributed by atoms with E-state index >= 15 is 0 Å². The van der Waals surface area contributed by atoms with E-state index in [9.17, 15) is 13.2 Å². The zero-order chi connectivity index (χ0) is 20.0. The highest BCUT2D eigenvalue weighted by atomic mass is 19.3. The van der Waals surface area contributed by atoms with E-state index in [4.69, 9.17) is 0 Å². The minimum Gasteiger partial charge on any atom is -0.333 e. The summed E-state index contributed by atoms with van der Waals surface area (Å²) in [6, 6.07) is 9.88. The van der Waals surface area contributed by atoms with E-state index in [0.29, 0.717) is 33.7 Å². The summed E-state index contributed by atoms with van der Waals surface area (Å²) >= 11 is 0. The third kappa shape index (κ3) is 2.85. The number of H-pyrrole nitrogens is 1. The summed E-state index contributed by atoms with van der Waals surface area (Å²) in [6.07, 6.45) is 1.99.